The molecule has 1 N–H and O–H groups in total. The van der Waals surface area contributed by atoms with Gasteiger partial charge in [-0.05, 0) is 48.7 Å². The highest BCUT2D eigenvalue weighted by Crippen LogP contribution is 2.29. The number of carbonyl (C=O) groups is 1. The van der Waals surface area contributed by atoms with E-state index in [1.165, 1.54) is 13.3 Å². The lowest BCUT2D eigenvalue weighted by molar-refractivity contribution is -0.116. The molecule has 1 amide bonds. The minimum Gasteiger partial charge on any atom is -0.312 e. The number of hydrogen-bond acceptors (Lipinski definition) is 5. The predicted molar refractivity (Wildman–Crippen MR) is 99.8 cm³/mol. The first-order valence-corrected chi connectivity index (χ1v) is 10.1. The molecule has 2 aromatic heterocycles. The second kappa shape index (κ2) is 6.75. The van der Waals surface area contributed by atoms with Crippen molar-refractivity contribution >= 4 is 27.3 Å². The highest BCUT2D eigenvalue weighted by atomic mass is 32.2. The number of pyridine rings is 1. The van der Waals surface area contributed by atoms with Gasteiger partial charge in [0.2, 0.25) is 15.9 Å². The third-order valence-corrected chi connectivity index (χ3v) is 6.08. The average molecular weight is 385 g/mol. The molecule has 1 aliphatic heterocycles. The van der Waals surface area contributed by atoms with Crippen LogP contribution in [0.25, 0.3) is 5.65 Å². The minimum absolute atomic E-state index is 0.0365. The molecule has 140 valence electrons. The number of rotatable bonds is 4. The van der Waals surface area contributed by atoms with Crippen molar-refractivity contribution in [3.05, 3.63) is 54.0 Å². The number of benzene rings is 1. The Hall–Kier alpha value is -2.78. The summed E-state index contributed by atoms with van der Waals surface area (Å²) in [6, 6.07) is 10.3. The van der Waals surface area contributed by atoms with Gasteiger partial charge in [-0.25, -0.2) is 22.6 Å². The van der Waals surface area contributed by atoms with Gasteiger partial charge >= 0.3 is 0 Å². The summed E-state index contributed by atoms with van der Waals surface area (Å²) < 4.78 is 29.7. The predicted octanol–water partition coefficient (Wildman–Crippen LogP) is 1.51. The highest BCUT2D eigenvalue weighted by molar-refractivity contribution is 7.89. The van der Waals surface area contributed by atoms with Crippen LogP contribution in [0.5, 0.6) is 0 Å². The molecular weight excluding hydrogens is 366 g/mol. The molecular formula is C18H19N5O3S. The Morgan fingerprint density at radius 3 is 2.93 bits per heavy atom. The monoisotopic (exact) mass is 385 g/mol. The Morgan fingerprint density at radius 1 is 1.26 bits per heavy atom. The molecule has 0 fully saturated rings. The van der Waals surface area contributed by atoms with E-state index in [1.807, 2.05) is 6.07 Å². The SMILES string of the molecule is CC(=O)N1CCCc2cc(S(=O)(=O)NCc3cccc4ncnn34)ccc21. The molecule has 0 saturated carbocycles. The van der Waals surface area contributed by atoms with E-state index in [4.69, 9.17) is 0 Å². The maximum Gasteiger partial charge on any atom is 0.240 e. The van der Waals surface area contributed by atoms with Crippen LogP contribution < -0.4 is 9.62 Å². The summed E-state index contributed by atoms with van der Waals surface area (Å²) >= 11 is 0. The average Bonchev–Trinajstić information content (AvgIpc) is 3.14. The largest absolute Gasteiger partial charge is 0.312 e. The Labute approximate surface area is 156 Å². The van der Waals surface area contributed by atoms with Crippen molar-refractivity contribution in [1.82, 2.24) is 19.3 Å². The fourth-order valence-corrected chi connectivity index (χ4v) is 4.40. The van der Waals surface area contributed by atoms with E-state index in [1.54, 1.807) is 39.7 Å². The zero-order valence-electron chi connectivity index (χ0n) is 14.8. The van der Waals surface area contributed by atoms with Crippen LogP contribution in [-0.4, -0.2) is 35.5 Å². The molecule has 4 rings (SSSR count). The van der Waals surface area contributed by atoms with Crippen molar-refractivity contribution in [3.63, 3.8) is 0 Å². The maximum absolute atomic E-state index is 12.7. The van der Waals surface area contributed by atoms with Crippen LogP contribution in [0.15, 0.2) is 47.6 Å². The van der Waals surface area contributed by atoms with Gasteiger partial charge in [0.05, 0.1) is 17.1 Å². The highest BCUT2D eigenvalue weighted by Gasteiger charge is 2.23. The molecule has 0 unspecified atom stereocenters. The van der Waals surface area contributed by atoms with E-state index in [0.717, 1.165) is 24.1 Å². The summed E-state index contributed by atoms with van der Waals surface area (Å²) in [4.78, 5) is 17.7. The number of aromatic nitrogens is 3. The third kappa shape index (κ3) is 3.31. The molecule has 0 spiro atoms. The first-order chi connectivity index (χ1) is 13.0. The Bertz CT molecular complexity index is 1120. The fourth-order valence-electron chi connectivity index (χ4n) is 3.36. The summed E-state index contributed by atoms with van der Waals surface area (Å²) in [5.74, 6) is -0.0365. The van der Waals surface area contributed by atoms with Gasteiger partial charge in [-0.1, -0.05) is 6.07 Å². The lowest BCUT2D eigenvalue weighted by Gasteiger charge is -2.28. The van der Waals surface area contributed by atoms with Crippen molar-refractivity contribution < 1.29 is 13.2 Å². The van der Waals surface area contributed by atoms with Gasteiger partial charge in [-0.15, -0.1) is 0 Å². The van der Waals surface area contributed by atoms with Gasteiger partial charge < -0.3 is 4.90 Å². The summed E-state index contributed by atoms with van der Waals surface area (Å²) in [5.41, 5.74) is 3.01. The van der Waals surface area contributed by atoms with Crippen molar-refractivity contribution in [2.24, 2.45) is 0 Å². The van der Waals surface area contributed by atoms with Crippen molar-refractivity contribution in [1.29, 1.82) is 0 Å². The maximum atomic E-state index is 12.7. The number of nitrogens with one attached hydrogen (secondary N) is 1. The van der Waals surface area contributed by atoms with Gasteiger partial charge in [0.15, 0.2) is 5.65 Å². The zero-order valence-corrected chi connectivity index (χ0v) is 15.6. The van der Waals surface area contributed by atoms with Gasteiger partial charge in [-0.3, -0.25) is 4.79 Å². The third-order valence-electron chi connectivity index (χ3n) is 4.68. The Balaban J connectivity index is 1.59. The van der Waals surface area contributed by atoms with Gasteiger partial charge in [0.1, 0.15) is 6.33 Å². The molecule has 1 aliphatic rings. The molecule has 0 aliphatic carbocycles. The van der Waals surface area contributed by atoms with Crippen molar-refractivity contribution in [3.8, 4) is 0 Å². The number of carbonyl (C=O) groups excluding carboxylic acids is 1. The number of aryl methyl sites for hydroxylation is 1. The molecule has 0 bridgehead atoms. The van der Waals surface area contributed by atoms with Crippen LogP contribution >= 0.6 is 0 Å². The second-order valence-corrected chi connectivity index (χ2v) is 8.20. The molecule has 0 radical (unpaired) electrons. The number of nitrogens with zero attached hydrogens (tertiary/aromatic N) is 4. The zero-order chi connectivity index (χ0) is 19.0. The lowest BCUT2D eigenvalue weighted by atomic mass is 10.0. The summed E-state index contributed by atoms with van der Waals surface area (Å²) in [5, 5.41) is 4.11. The summed E-state index contributed by atoms with van der Waals surface area (Å²) in [6.07, 6.45) is 3.00. The lowest BCUT2D eigenvalue weighted by Crippen LogP contribution is -2.33. The van der Waals surface area contributed by atoms with E-state index in [2.05, 4.69) is 14.8 Å². The number of amides is 1. The van der Waals surface area contributed by atoms with E-state index in [-0.39, 0.29) is 17.3 Å². The van der Waals surface area contributed by atoms with E-state index in [0.29, 0.717) is 17.9 Å². The molecule has 1 aromatic carbocycles. The molecule has 27 heavy (non-hydrogen) atoms. The molecule has 9 heteroatoms. The fraction of sp³-hybridized carbons (Fsp3) is 0.278. The Kier molecular flexibility index (Phi) is 4.40. The topological polar surface area (TPSA) is 96.7 Å². The van der Waals surface area contributed by atoms with Crippen LogP contribution in [0.1, 0.15) is 24.6 Å². The molecule has 8 nitrogen and oxygen atoms in total. The van der Waals surface area contributed by atoms with E-state index < -0.39 is 10.0 Å². The summed E-state index contributed by atoms with van der Waals surface area (Å²) in [6.45, 7) is 2.28. The molecule has 0 saturated heterocycles. The Morgan fingerprint density at radius 2 is 2.11 bits per heavy atom. The smallest absolute Gasteiger partial charge is 0.240 e. The second-order valence-electron chi connectivity index (χ2n) is 6.44. The van der Waals surface area contributed by atoms with Crippen LogP contribution in [0.4, 0.5) is 5.69 Å². The van der Waals surface area contributed by atoms with E-state index in [9.17, 15) is 13.2 Å². The van der Waals surface area contributed by atoms with Crippen LogP contribution in [-0.2, 0) is 27.8 Å². The van der Waals surface area contributed by atoms with Gasteiger partial charge in [0.25, 0.3) is 0 Å². The van der Waals surface area contributed by atoms with Crippen molar-refractivity contribution in [2.45, 2.75) is 31.2 Å². The quantitative estimate of drug-likeness (QED) is 0.734. The molecule has 0 atom stereocenters. The molecule has 3 heterocycles. The van der Waals surface area contributed by atoms with E-state index >= 15 is 0 Å². The van der Waals surface area contributed by atoms with Crippen LogP contribution in [0, 0.1) is 0 Å². The normalized spacial score (nSPS) is 14.3. The number of fused-ring (bicyclic) bond motifs is 2. The number of anilines is 1. The summed E-state index contributed by atoms with van der Waals surface area (Å²) in [7, 11) is -3.70. The standard InChI is InChI=1S/C18H19N5O3S/c1-13(24)22-9-3-4-14-10-16(7-8-17(14)22)27(25,26)21-11-15-5-2-6-18-19-12-20-23(15)18/h2,5-8,10,12,21H,3-4,9,11H2,1H3. The first kappa shape index (κ1) is 17.6. The number of sulfonamides is 1. The van der Waals surface area contributed by atoms with Crippen LogP contribution in [0.2, 0.25) is 0 Å². The first-order valence-electron chi connectivity index (χ1n) is 8.64. The minimum atomic E-state index is -3.70. The van der Waals surface area contributed by atoms with Gasteiger partial charge in [-0.2, -0.15) is 5.10 Å². The van der Waals surface area contributed by atoms with Crippen molar-refractivity contribution in [2.75, 3.05) is 11.4 Å². The number of hydrogen-bond donors (Lipinski definition) is 1. The molecule has 3 aromatic rings. The van der Waals surface area contributed by atoms with Gasteiger partial charge in [0, 0.05) is 19.2 Å². The van der Waals surface area contributed by atoms with Crippen LogP contribution in [0.3, 0.4) is 0 Å².